The van der Waals surface area contributed by atoms with Crippen LogP contribution in [0, 0.1) is 6.92 Å². The summed E-state index contributed by atoms with van der Waals surface area (Å²) in [5, 5.41) is 10.2. The summed E-state index contributed by atoms with van der Waals surface area (Å²) in [5.41, 5.74) is 3.91. The number of nitrogens with zero attached hydrogens (tertiary/aromatic N) is 3. The van der Waals surface area contributed by atoms with Gasteiger partial charge in [0, 0.05) is 31.4 Å². The molecule has 178 valence electrons. The fourth-order valence-electron chi connectivity index (χ4n) is 5.02. The molecule has 0 radical (unpaired) electrons. The van der Waals surface area contributed by atoms with Gasteiger partial charge in [-0.15, -0.1) is 0 Å². The van der Waals surface area contributed by atoms with E-state index in [2.05, 4.69) is 20.4 Å². The van der Waals surface area contributed by atoms with Crippen molar-refractivity contribution in [3.8, 4) is 0 Å². The Balaban J connectivity index is 1.35. The summed E-state index contributed by atoms with van der Waals surface area (Å²) in [6.07, 6.45) is -1.08. The number of aromatic nitrogens is 2. The number of halogens is 3. The Morgan fingerprint density at radius 1 is 1.06 bits per heavy atom. The number of likely N-dealkylation sites (tertiary alicyclic amines) is 1. The molecule has 3 aromatic rings. The summed E-state index contributed by atoms with van der Waals surface area (Å²) in [6.45, 7) is 3.94. The van der Waals surface area contributed by atoms with Crippen molar-refractivity contribution < 1.29 is 18.0 Å². The lowest BCUT2D eigenvalue weighted by Crippen LogP contribution is -2.50. The van der Waals surface area contributed by atoms with Crippen LogP contribution in [0.25, 0.3) is 0 Å². The predicted octanol–water partition coefficient (Wildman–Crippen LogP) is 5.34. The van der Waals surface area contributed by atoms with Crippen molar-refractivity contribution in [1.82, 2.24) is 20.0 Å². The zero-order valence-electron chi connectivity index (χ0n) is 18.8. The Hall–Kier alpha value is -3.33. The quantitative estimate of drug-likeness (QED) is 0.542. The Labute approximate surface area is 195 Å². The van der Waals surface area contributed by atoms with E-state index in [1.54, 1.807) is 18.3 Å². The molecule has 2 amide bonds. The molecule has 2 N–H and O–H groups in total. The fourth-order valence-corrected chi connectivity index (χ4v) is 5.02. The maximum atomic E-state index is 13.1. The maximum Gasteiger partial charge on any atom is 0.416 e. The number of hydrogen-bond donors (Lipinski definition) is 2. The second kappa shape index (κ2) is 8.79. The number of anilines is 1. The van der Waals surface area contributed by atoms with Gasteiger partial charge < -0.3 is 10.2 Å². The number of amides is 2. The highest BCUT2D eigenvalue weighted by Crippen LogP contribution is 2.36. The van der Waals surface area contributed by atoms with E-state index in [-0.39, 0.29) is 18.1 Å². The number of carbonyl (C=O) groups is 1. The van der Waals surface area contributed by atoms with Gasteiger partial charge in [0.2, 0.25) is 0 Å². The number of carbonyl (C=O) groups excluding carboxylic acids is 1. The molecule has 5 rings (SSSR count). The lowest BCUT2D eigenvalue weighted by Gasteiger charge is -2.43. The predicted molar refractivity (Wildman–Crippen MR) is 122 cm³/mol. The minimum absolute atomic E-state index is 0.0825. The first-order valence-electron chi connectivity index (χ1n) is 11.4. The standard InChI is InChI=1S/C25H26F3N5O/c1-16-14-29-31-22(16)23(17-6-8-19(9-7-17)25(26,27)28)32-12-10-20(11-13-32)33-15-18-4-2-3-5-21(18)30-24(33)34/h2-9,14,20,23H,10-13,15H2,1H3,(H,29,31)(H,30,34). The largest absolute Gasteiger partial charge is 0.416 e. The van der Waals surface area contributed by atoms with Gasteiger partial charge in [-0.2, -0.15) is 18.3 Å². The number of H-pyrrole nitrogens is 1. The van der Waals surface area contributed by atoms with E-state index in [0.29, 0.717) is 19.6 Å². The third kappa shape index (κ3) is 4.27. The molecule has 34 heavy (non-hydrogen) atoms. The molecule has 2 aliphatic heterocycles. The summed E-state index contributed by atoms with van der Waals surface area (Å²) < 4.78 is 39.3. The first-order valence-corrected chi connectivity index (χ1v) is 11.4. The Morgan fingerprint density at radius 3 is 2.41 bits per heavy atom. The maximum absolute atomic E-state index is 13.1. The van der Waals surface area contributed by atoms with Gasteiger partial charge in [-0.1, -0.05) is 30.3 Å². The summed E-state index contributed by atoms with van der Waals surface area (Å²) in [5.74, 6) is 0. The number of alkyl halides is 3. The number of fused-ring (bicyclic) bond motifs is 1. The summed E-state index contributed by atoms with van der Waals surface area (Å²) in [4.78, 5) is 16.9. The van der Waals surface area contributed by atoms with Crippen LogP contribution in [-0.4, -0.2) is 45.2 Å². The third-order valence-electron chi connectivity index (χ3n) is 6.86. The molecular formula is C25H26F3N5O. The summed E-state index contributed by atoms with van der Waals surface area (Å²) in [7, 11) is 0. The van der Waals surface area contributed by atoms with Crippen molar-refractivity contribution in [2.45, 2.75) is 44.6 Å². The molecule has 0 saturated carbocycles. The molecule has 1 atom stereocenters. The van der Waals surface area contributed by atoms with E-state index in [9.17, 15) is 18.0 Å². The second-order valence-corrected chi connectivity index (χ2v) is 8.97. The highest BCUT2D eigenvalue weighted by Gasteiger charge is 2.35. The molecule has 1 saturated heterocycles. The highest BCUT2D eigenvalue weighted by molar-refractivity contribution is 5.92. The minimum Gasteiger partial charge on any atom is -0.317 e. The molecule has 6 nitrogen and oxygen atoms in total. The zero-order chi connectivity index (χ0) is 23.9. The van der Waals surface area contributed by atoms with Crippen molar-refractivity contribution in [2.75, 3.05) is 18.4 Å². The number of hydrogen-bond acceptors (Lipinski definition) is 3. The van der Waals surface area contributed by atoms with Crippen LogP contribution >= 0.6 is 0 Å². The van der Waals surface area contributed by atoms with E-state index in [1.807, 2.05) is 36.1 Å². The number of benzene rings is 2. The van der Waals surface area contributed by atoms with E-state index in [1.165, 1.54) is 0 Å². The molecule has 9 heteroatoms. The summed E-state index contributed by atoms with van der Waals surface area (Å²) in [6, 6.07) is 13.0. The van der Waals surface area contributed by atoms with Crippen molar-refractivity contribution in [3.05, 3.63) is 82.7 Å². The minimum atomic E-state index is -4.37. The average Bonchev–Trinajstić information content (AvgIpc) is 3.24. The summed E-state index contributed by atoms with van der Waals surface area (Å²) >= 11 is 0. The average molecular weight is 470 g/mol. The number of urea groups is 1. The van der Waals surface area contributed by atoms with Gasteiger partial charge in [0.15, 0.2) is 0 Å². The van der Waals surface area contributed by atoms with Crippen LogP contribution < -0.4 is 5.32 Å². The van der Waals surface area contributed by atoms with Crippen molar-refractivity contribution in [2.24, 2.45) is 0 Å². The van der Waals surface area contributed by atoms with Crippen LogP contribution in [0.15, 0.2) is 54.7 Å². The molecule has 1 aromatic heterocycles. The molecule has 2 aromatic carbocycles. The van der Waals surface area contributed by atoms with Gasteiger partial charge in [-0.05, 0) is 54.7 Å². The number of piperidine rings is 1. The Bertz CT molecular complexity index is 1170. The topological polar surface area (TPSA) is 64.3 Å². The molecular weight excluding hydrogens is 443 g/mol. The SMILES string of the molecule is Cc1cn[nH]c1C(c1ccc(C(F)(F)F)cc1)N1CCC(N2Cc3ccccc3NC2=O)CC1. The first kappa shape index (κ1) is 22.5. The van der Waals surface area contributed by atoms with Crippen molar-refractivity contribution >= 4 is 11.7 Å². The van der Waals surface area contributed by atoms with Gasteiger partial charge in [0.05, 0.1) is 23.5 Å². The van der Waals surface area contributed by atoms with Gasteiger partial charge in [-0.3, -0.25) is 10.00 Å². The van der Waals surface area contributed by atoms with Gasteiger partial charge in [0.1, 0.15) is 0 Å². The third-order valence-corrected chi connectivity index (χ3v) is 6.86. The van der Waals surface area contributed by atoms with Crippen LogP contribution in [0.2, 0.25) is 0 Å². The number of nitrogens with one attached hydrogen (secondary N) is 2. The Kier molecular flexibility index (Phi) is 5.81. The number of para-hydroxylation sites is 1. The number of rotatable bonds is 4. The second-order valence-electron chi connectivity index (χ2n) is 8.97. The molecule has 1 unspecified atom stereocenters. The highest BCUT2D eigenvalue weighted by atomic mass is 19.4. The smallest absolute Gasteiger partial charge is 0.317 e. The van der Waals surface area contributed by atoms with Gasteiger partial charge in [-0.25, -0.2) is 4.79 Å². The molecule has 3 heterocycles. The van der Waals surface area contributed by atoms with Crippen LogP contribution in [0.1, 0.15) is 46.8 Å². The zero-order valence-corrected chi connectivity index (χ0v) is 18.8. The van der Waals surface area contributed by atoms with Gasteiger partial charge in [0.25, 0.3) is 0 Å². The number of aryl methyl sites for hydroxylation is 1. The normalized spacial score (nSPS) is 18.5. The van der Waals surface area contributed by atoms with Crippen LogP contribution in [0.3, 0.4) is 0 Å². The van der Waals surface area contributed by atoms with E-state index >= 15 is 0 Å². The van der Waals surface area contributed by atoms with E-state index in [4.69, 9.17) is 0 Å². The molecule has 0 aliphatic carbocycles. The molecule has 0 spiro atoms. The van der Waals surface area contributed by atoms with E-state index < -0.39 is 11.7 Å². The van der Waals surface area contributed by atoms with Crippen molar-refractivity contribution in [1.29, 1.82) is 0 Å². The van der Waals surface area contributed by atoms with Gasteiger partial charge >= 0.3 is 12.2 Å². The molecule has 1 fully saturated rings. The lowest BCUT2D eigenvalue weighted by molar-refractivity contribution is -0.137. The molecule has 0 bridgehead atoms. The van der Waals surface area contributed by atoms with Crippen LogP contribution in [0.4, 0.5) is 23.7 Å². The molecule has 2 aliphatic rings. The van der Waals surface area contributed by atoms with Crippen LogP contribution in [0.5, 0.6) is 0 Å². The monoisotopic (exact) mass is 469 g/mol. The first-order chi connectivity index (χ1) is 16.3. The van der Waals surface area contributed by atoms with Crippen LogP contribution in [-0.2, 0) is 12.7 Å². The van der Waals surface area contributed by atoms with Crippen molar-refractivity contribution in [3.63, 3.8) is 0 Å². The van der Waals surface area contributed by atoms with E-state index in [0.717, 1.165) is 53.0 Å². The number of aromatic amines is 1. The fraction of sp³-hybridized carbons (Fsp3) is 0.360. The lowest BCUT2D eigenvalue weighted by atomic mass is 9.94. The Morgan fingerprint density at radius 2 is 1.76 bits per heavy atom.